The second-order valence-corrected chi connectivity index (χ2v) is 12.5. The van der Waals surface area contributed by atoms with Crippen LogP contribution in [0.3, 0.4) is 0 Å². The third-order valence-electron chi connectivity index (χ3n) is 6.52. The molecule has 0 aliphatic carbocycles. The molecular weight excluding hydrogens is 525 g/mol. The molecule has 0 bridgehead atoms. The molecule has 9 nitrogen and oxygen atoms in total. The van der Waals surface area contributed by atoms with Crippen LogP contribution in [0.1, 0.15) is 31.9 Å². The Labute approximate surface area is 226 Å². The largest absolute Gasteiger partial charge is 0.487 e. The minimum atomic E-state index is -4.27. The highest BCUT2D eigenvalue weighted by molar-refractivity contribution is 7.92. The number of carbonyl (C=O) groups is 2. The summed E-state index contributed by atoms with van der Waals surface area (Å²) < 4.78 is 55.3. The van der Waals surface area contributed by atoms with Crippen LogP contribution in [0.5, 0.6) is 5.75 Å². The topological polar surface area (TPSA) is 105 Å². The molecule has 3 aromatic rings. The van der Waals surface area contributed by atoms with Crippen LogP contribution in [0.2, 0.25) is 0 Å². The third-order valence-corrected chi connectivity index (χ3v) is 7.90. The van der Waals surface area contributed by atoms with Crippen LogP contribution in [0.25, 0.3) is 10.8 Å². The number of nitrogens with zero attached hydrogens (tertiary/aromatic N) is 2. The van der Waals surface area contributed by atoms with Gasteiger partial charge in [-0.2, -0.15) is 8.42 Å². The second kappa shape index (κ2) is 10.0. The van der Waals surface area contributed by atoms with Gasteiger partial charge in [0.05, 0.1) is 0 Å². The smallest absolute Gasteiger partial charge is 0.410 e. The van der Waals surface area contributed by atoms with Crippen molar-refractivity contribution < 1.29 is 31.9 Å². The number of fused-ring (bicyclic) bond motifs is 1. The Balaban J connectivity index is 1.42. The SMILES string of the molecule is CC(C)(C)OC(=O)N1CC(Cc2ccc3cc(OCc4ccccc4)c(N4CC(=O)NS4(=O)=O)c(F)c3c2)C1. The minimum Gasteiger partial charge on any atom is -0.487 e. The number of benzene rings is 3. The first-order valence-electron chi connectivity index (χ1n) is 12.6. The molecule has 0 unspecified atom stereocenters. The third kappa shape index (κ3) is 5.78. The first kappa shape index (κ1) is 26.7. The molecule has 1 N–H and O–H groups in total. The maximum Gasteiger partial charge on any atom is 0.410 e. The van der Waals surface area contributed by atoms with Gasteiger partial charge in [0.2, 0.25) is 0 Å². The highest BCUT2D eigenvalue weighted by Gasteiger charge is 2.38. The number of halogens is 1. The number of ether oxygens (including phenoxy) is 2. The predicted octanol–water partition coefficient (Wildman–Crippen LogP) is 4.15. The maximum absolute atomic E-state index is 16.1. The molecule has 2 amide bonds. The van der Waals surface area contributed by atoms with Crippen molar-refractivity contribution in [1.82, 2.24) is 9.62 Å². The summed E-state index contributed by atoms with van der Waals surface area (Å²) >= 11 is 0. The van der Waals surface area contributed by atoms with E-state index in [0.29, 0.717) is 29.2 Å². The number of hydrogen-bond donors (Lipinski definition) is 1. The van der Waals surface area contributed by atoms with Crippen molar-refractivity contribution in [3.05, 3.63) is 71.5 Å². The van der Waals surface area contributed by atoms with Crippen molar-refractivity contribution >= 4 is 38.7 Å². The molecule has 2 heterocycles. The fraction of sp³-hybridized carbons (Fsp3) is 0.357. The van der Waals surface area contributed by atoms with Gasteiger partial charge in [-0.25, -0.2) is 18.2 Å². The van der Waals surface area contributed by atoms with E-state index in [9.17, 15) is 18.0 Å². The van der Waals surface area contributed by atoms with E-state index in [4.69, 9.17) is 9.47 Å². The van der Waals surface area contributed by atoms with Gasteiger partial charge >= 0.3 is 16.3 Å². The molecule has 3 aromatic carbocycles. The number of anilines is 1. The first-order chi connectivity index (χ1) is 18.4. The molecule has 2 aliphatic rings. The lowest BCUT2D eigenvalue weighted by Crippen LogP contribution is -2.52. The van der Waals surface area contributed by atoms with Crippen molar-refractivity contribution in [3.8, 4) is 5.75 Å². The average molecular weight is 556 g/mol. The van der Waals surface area contributed by atoms with Crippen LogP contribution in [0, 0.1) is 11.7 Å². The second-order valence-electron chi connectivity index (χ2n) is 10.9. The lowest BCUT2D eigenvalue weighted by molar-refractivity contribution is -0.117. The highest BCUT2D eigenvalue weighted by Crippen LogP contribution is 2.40. The number of amides is 2. The van der Waals surface area contributed by atoms with E-state index < -0.39 is 34.1 Å². The van der Waals surface area contributed by atoms with E-state index in [1.165, 1.54) is 0 Å². The summed E-state index contributed by atoms with van der Waals surface area (Å²) in [6.07, 6.45) is 0.254. The fourth-order valence-corrected chi connectivity index (χ4v) is 5.88. The molecule has 0 atom stereocenters. The molecular formula is C28H30FN3O6S. The lowest BCUT2D eigenvalue weighted by Gasteiger charge is -2.40. The molecule has 2 saturated heterocycles. The van der Waals surface area contributed by atoms with Crippen LogP contribution in [0.15, 0.2) is 54.6 Å². The van der Waals surface area contributed by atoms with Gasteiger partial charge in [-0.1, -0.05) is 42.5 Å². The number of nitrogens with one attached hydrogen (secondary N) is 1. The van der Waals surface area contributed by atoms with E-state index in [2.05, 4.69) is 0 Å². The molecule has 5 rings (SSSR count). The molecule has 2 aliphatic heterocycles. The van der Waals surface area contributed by atoms with E-state index in [1.807, 2.05) is 61.9 Å². The van der Waals surface area contributed by atoms with E-state index in [-0.39, 0.29) is 35.4 Å². The molecule has 0 saturated carbocycles. The lowest BCUT2D eigenvalue weighted by atomic mass is 9.91. The Morgan fingerprint density at radius 1 is 1.08 bits per heavy atom. The normalized spacial score (nSPS) is 17.2. The molecule has 11 heteroatoms. The van der Waals surface area contributed by atoms with Crippen LogP contribution >= 0.6 is 0 Å². The average Bonchev–Trinajstić information content (AvgIpc) is 3.10. The Morgan fingerprint density at radius 3 is 2.44 bits per heavy atom. The van der Waals surface area contributed by atoms with E-state index in [0.717, 1.165) is 11.1 Å². The van der Waals surface area contributed by atoms with Crippen molar-refractivity contribution in [2.75, 3.05) is 23.9 Å². The van der Waals surface area contributed by atoms with Gasteiger partial charge in [0, 0.05) is 18.5 Å². The Kier molecular flexibility index (Phi) is 6.88. The molecule has 0 spiro atoms. The first-order valence-corrected chi connectivity index (χ1v) is 14.1. The number of rotatable bonds is 6. The quantitative estimate of drug-likeness (QED) is 0.490. The molecule has 0 radical (unpaired) electrons. The predicted molar refractivity (Wildman–Crippen MR) is 144 cm³/mol. The van der Waals surface area contributed by atoms with Gasteiger partial charge in [0.25, 0.3) is 5.91 Å². The van der Waals surface area contributed by atoms with Gasteiger partial charge in [-0.05, 0) is 61.8 Å². The van der Waals surface area contributed by atoms with E-state index in [1.54, 1.807) is 23.1 Å². The van der Waals surface area contributed by atoms with Crippen LogP contribution < -0.4 is 13.8 Å². The standard InChI is InChI=1S/C28H30FN3O6S/c1-28(2,3)38-27(34)31-14-20(15-31)11-19-9-10-21-13-23(37-17-18-7-5-4-6-8-18)26(25(29)22(21)12-19)32-16-24(33)30-39(32,35)36/h4-10,12-13,20H,11,14-17H2,1-3H3,(H,30,33). The zero-order chi connectivity index (χ0) is 27.9. The van der Waals surface area contributed by atoms with Gasteiger partial charge < -0.3 is 14.4 Å². The summed E-state index contributed by atoms with van der Waals surface area (Å²) in [6.45, 7) is 6.06. The van der Waals surface area contributed by atoms with Gasteiger partial charge in [-0.3, -0.25) is 4.79 Å². The van der Waals surface area contributed by atoms with Crippen molar-refractivity contribution in [1.29, 1.82) is 0 Å². The summed E-state index contributed by atoms with van der Waals surface area (Å²) in [5, 5.41) is 0.746. The monoisotopic (exact) mass is 555 g/mol. The van der Waals surface area contributed by atoms with Crippen molar-refractivity contribution in [2.24, 2.45) is 5.92 Å². The molecule has 39 heavy (non-hydrogen) atoms. The summed E-state index contributed by atoms with van der Waals surface area (Å²) in [5.41, 5.74) is 0.785. The minimum absolute atomic E-state index is 0.0173. The zero-order valence-electron chi connectivity index (χ0n) is 21.9. The molecule has 0 aromatic heterocycles. The van der Waals surface area contributed by atoms with Gasteiger partial charge in [0.1, 0.15) is 30.2 Å². The zero-order valence-corrected chi connectivity index (χ0v) is 22.8. The van der Waals surface area contributed by atoms with Crippen LogP contribution in [-0.2, 0) is 32.8 Å². The fourth-order valence-electron chi connectivity index (χ4n) is 4.72. The highest BCUT2D eigenvalue weighted by atomic mass is 32.2. The summed E-state index contributed by atoms with van der Waals surface area (Å²) in [4.78, 5) is 25.8. The summed E-state index contributed by atoms with van der Waals surface area (Å²) in [6, 6.07) is 16.1. The maximum atomic E-state index is 16.1. The van der Waals surface area contributed by atoms with Gasteiger partial charge in [0.15, 0.2) is 5.82 Å². The summed E-state index contributed by atoms with van der Waals surface area (Å²) in [7, 11) is -4.27. The number of carbonyl (C=O) groups excluding carboxylic acids is 2. The summed E-state index contributed by atoms with van der Waals surface area (Å²) in [5.74, 6) is -1.34. The van der Waals surface area contributed by atoms with Crippen molar-refractivity contribution in [3.63, 3.8) is 0 Å². The van der Waals surface area contributed by atoms with E-state index >= 15 is 4.39 Å². The number of hydrogen-bond acceptors (Lipinski definition) is 6. The van der Waals surface area contributed by atoms with Crippen LogP contribution in [0.4, 0.5) is 14.9 Å². The number of likely N-dealkylation sites (tertiary alicyclic amines) is 1. The van der Waals surface area contributed by atoms with Crippen molar-refractivity contribution in [2.45, 2.75) is 39.4 Å². The Morgan fingerprint density at radius 2 is 1.79 bits per heavy atom. The molecule has 206 valence electrons. The van der Waals surface area contributed by atoms with Crippen LogP contribution in [-0.4, -0.2) is 50.6 Å². The Hall–Kier alpha value is -3.86. The van der Waals surface area contributed by atoms with Gasteiger partial charge in [-0.15, -0.1) is 0 Å². The molecule has 2 fully saturated rings. The Bertz CT molecular complexity index is 1530.